The van der Waals surface area contributed by atoms with Gasteiger partial charge in [0, 0.05) is 11.5 Å². The fourth-order valence-electron chi connectivity index (χ4n) is 9.18. The summed E-state index contributed by atoms with van der Waals surface area (Å²) in [4.78, 5) is 2.10. The first kappa shape index (κ1) is 26.4. The number of rotatable bonds is 6. The molecule has 1 saturated heterocycles. The molecule has 0 radical (unpaired) electrons. The predicted molar refractivity (Wildman–Crippen MR) is 129 cm³/mol. The lowest BCUT2D eigenvalue weighted by Gasteiger charge is -2.75. The van der Waals surface area contributed by atoms with Crippen LogP contribution < -0.4 is 0 Å². The van der Waals surface area contributed by atoms with Crippen molar-refractivity contribution in [1.82, 2.24) is 4.90 Å². The highest BCUT2D eigenvalue weighted by Crippen LogP contribution is 2.77. The maximum Gasteiger partial charge on any atom is 0.407 e. The average molecular weight is 458 g/mol. The van der Waals surface area contributed by atoms with Crippen LogP contribution >= 0.6 is 0 Å². The number of hydrogen-bond donors (Lipinski definition) is 0. The van der Waals surface area contributed by atoms with Gasteiger partial charge in [-0.05, 0) is 80.1 Å². The molecule has 32 heavy (non-hydrogen) atoms. The normalized spacial score (nSPS) is 36.3. The van der Waals surface area contributed by atoms with Crippen molar-refractivity contribution in [1.29, 1.82) is 0 Å². The van der Waals surface area contributed by atoms with Crippen molar-refractivity contribution in [3.8, 4) is 0 Å². The topological polar surface area (TPSA) is 3.24 Å². The van der Waals surface area contributed by atoms with Gasteiger partial charge in [-0.3, -0.25) is 4.90 Å². The van der Waals surface area contributed by atoms with Gasteiger partial charge in [-0.2, -0.15) is 13.2 Å². The third-order valence-electron chi connectivity index (χ3n) is 10.1. The highest BCUT2D eigenvalue weighted by atomic mass is 19.4. The Morgan fingerprint density at radius 1 is 0.906 bits per heavy atom. The zero-order chi connectivity index (χ0) is 24.2. The predicted octanol–water partition coefficient (Wildman–Crippen LogP) is 8.87. The Hall–Kier alpha value is -0.250. The highest BCUT2D eigenvalue weighted by molar-refractivity contribution is 5.28. The van der Waals surface area contributed by atoms with Crippen molar-refractivity contribution in [2.75, 3.05) is 6.54 Å². The SMILES string of the molecule is CCC1(C(C)C)CCN(C2CCCCC2)C(C2CC2)(C(F)(F)F)C1(CC(C)C)C(C)(C)C. The van der Waals surface area contributed by atoms with Gasteiger partial charge in [-0.1, -0.05) is 74.7 Å². The van der Waals surface area contributed by atoms with Crippen LogP contribution in [0.2, 0.25) is 0 Å². The summed E-state index contributed by atoms with van der Waals surface area (Å²) in [6.07, 6.45) is 4.82. The largest absolute Gasteiger partial charge is 0.407 e. The molecule has 0 aromatic carbocycles. The lowest BCUT2D eigenvalue weighted by atomic mass is 9.36. The molecular formula is C28H50F3N. The van der Waals surface area contributed by atoms with Crippen LogP contribution in [0.1, 0.15) is 120 Å². The van der Waals surface area contributed by atoms with E-state index < -0.39 is 22.5 Å². The zero-order valence-electron chi connectivity index (χ0n) is 22.2. The van der Waals surface area contributed by atoms with E-state index in [2.05, 4.69) is 60.3 Å². The first-order chi connectivity index (χ1) is 14.7. The third-order valence-corrected chi connectivity index (χ3v) is 10.1. The second-order valence-corrected chi connectivity index (χ2v) is 13.2. The van der Waals surface area contributed by atoms with Crippen molar-refractivity contribution < 1.29 is 13.2 Å². The summed E-state index contributed by atoms with van der Waals surface area (Å²) in [6.45, 7) is 18.0. The smallest absolute Gasteiger partial charge is 0.286 e. The zero-order valence-corrected chi connectivity index (χ0v) is 22.2. The molecule has 0 N–H and O–H groups in total. The van der Waals surface area contributed by atoms with Gasteiger partial charge in [-0.15, -0.1) is 0 Å². The lowest BCUT2D eigenvalue weighted by Crippen LogP contribution is -2.82. The molecule has 3 unspecified atom stereocenters. The summed E-state index contributed by atoms with van der Waals surface area (Å²) in [5.74, 6) is 0.192. The fraction of sp³-hybridized carbons (Fsp3) is 1.00. The summed E-state index contributed by atoms with van der Waals surface area (Å²) in [7, 11) is 0. The number of nitrogens with zero attached hydrogens (tertiary/aromatic N) is 1. The van der Waals surface area contributed by atoms with Crippen molar-refractivity contribution in [3.05, 3.63) is 0 Å². The Morgan fingerprint density at radius 3 is 1.84 bits per heavy atom. The Labute approximate surface area is 196 Å². The van der Waals surface area contributed by atoms with Gasteiger partial charge in [-0.25, -0.2) is 0 Å². The molecule has 4 heteroatoms. The molecule has 0 bridgehead atoms. The Kier molecular flexibility index (Phi) is 7.21. The van der Waals surface area contributed by atoms with E-state index in [1.807, 2.05) is 0 Å². The summed E-state index contributed by atoms with van der Waals surface area (Å²) in [6, 6.07) is 0.0851. The molecule has 3 atom stereocenters. The second-order valence-electron chi connectivity index (χ2n) is 13.2. The number of alkyl halides is 3. The average Bonchev–Trinajstić information content (AvgIpc) is 3.51. The molecule has 188 valence electrons. The Balaban J connectivity index is 2.42. The minimum absolute atomic E-state index is 0.0851. The van der Waals surface area contributed by atoms with Crippen LogP contribution in [-0.4, -0.2) is 29.2 Å². The van der Waals surface area contributed by atoms with Gasteiger partial charge < -0.3 is 0 Å². The van der Waals surface area contributed by atoms with E-state index in [0.717, 1.165) is 51.4 Å². The van der Waals surface area contributed by atoms with Gasteiger partial charge in [0.1, 0.15) is 5.54 Å². The minimum Gasteiger partial charge on any atom is -0.286 e. The van der Waals surface area contributed by atoms with Crippen molar-refractivity contribution >= 4 is 0 Å². The first-order valence-corrected chi connectivity index (χ1v) is 13.6. The quantitative estimate of drug-likeness (QED) is 0.385. The molecule has 0 amide bonds. The van der Waals surface area contributed by atoms with Crippen LogP contribution in [0, 0.1) is 34.0 Å². The van der Waals surface area contributed by atoms with Crippen molar-refractivity contribution in [2.24, 2.45) is 34.0 Å². The summed E-state index contributed by atoms with van der Waals surface area (Å²) >= 11 is 0. The van der Waals surface area contributed by atoms with Gasteiger partial charge >= 0.3 is 6.18 Å². The molecule has 1 heterocycles. The van der Waals surface area contributed by atoms with E-state index in [4.69, 9.17) is 0 Å². The summed E-state index contributed by atoms with van der Waals surface area (Å²) in [5, 5.41) is 0. The molecule has 0 aromatic heterocycles. The van der Waals surface area contributed by atoms with E-state index in [-0.39, 0.29) is 29.2 Å². The van der Waals surface area contributed by atoms with Gasteiger partial charge in [0.25, 0.3) is 0 Å². The molecule has 1 nitrogen and oxygen atoms in total. The van der Waals surface area contributed by atoms with Gasteiger partial charge in [0.05, 0.1) is 0 Å². The maximum absolute atomic E-state index is 16.1. The molecular weight excluding hydrogens is 407 g/mol. The van der Waals surface area contributed by atoms with E-state index in [9.17, 15) is 0 Å². The number of piperidine rings is 1. The summed E-state index contributed by atoms with van der Waals surface area (Å²) in [5.41, 5.74) is -3.32. The van der Waals surface area contributed by atoms with Crippen molar-refractivity contribution in [3.63, 3.8) is 0 Å². The Bertz CT molecular complexity index is 638. The number of halogens is 3. The van der Waals surface area contributed by atoms with E-state index >= 15 is 13.2 Å². The summed E-state index contributed by atoms with van der Waals surface area (Å²) < 4.78 is 48.2. The minimum atomic E-state index is -4.23. The van der Waals surface area contributed by atoms with E-state index in [0.29, 0.717) is 13.0 Å². The molecule has 0 aromatic rings. The van der Waals surface area contributed by atoms with Crippen LogP contribution in [0.5, 0.6) is 0 Å². The standard InChI is InChI=1S/C28H50F3N/c1-9-25(21(4)5)17-18-32(23-13-11-10-12-14-23)27(22-15-16-22,28(29,30)31)26(25,19-20(2)3)24(6,7)8/h20-23H,9-19H2,1-8H3. The number of likely N-dealkylation sites (tertiary alicyclic amines) is 1. The molecule has 1 aliphatic heterocycles. The van der Waals surface area contributed by atoms with Crippen LogP contribution in [-0.2, 0) is 0 Å². The molecule has 3 rings (SSSR count). The second kappa shape index (κ2) is 8.76. The van der Waals surface area contributed by atoms with Gasteiger partial charge in [0.2, 0.25) is 0 Å². The lowest BCUT2D eigenvalue weighted by molar-refractivity contribution is -0.360. The Morgan fingerprint density at radius 2 is 1.47 bits per heavy atom. The molecule has 3 fully saturated rings. The van der Waals surface area contributed by atoms with E-state index in [1.165, 1.54) is 6.42 Å². The van der Waals surface area contributed by atoms with Crippen LogP contribution in [0.3, 0.4) is 0 Å². The maximum atomic E-state index is 16.1. The van der Waals surface area contributed by atoms with Crippen LogP contribution in [0.4, 0.5) is 13.2 Å². The molecule has 0 spiro atoms. The third kappa shape index (κ3) is 3.59. The van der Waals surface area contributed by atoms with Crippen LogP contribution in [0.15, 0.2) is 0 Å². The monoisotopic (exact) mass is 457 g/mol. The fourth-order valence-corrected chi connectivity index (χ4v) is 9.18. The number of hydrogen-bond acceptors (Lipinski definition) is 1. The first-order valence-electron chi connectivity index (χ1n) is 13.6. The molecule has 2 aliphatic carbocycles. The van der Waals surface area contributed by atoms with Crippen molar-refractivity contribution in [2.45, 2.75) is 137 Å². The van der Waals surface area contributed by atoms with Gasteiger partial charge in [0.15, 0.2) is 0 Å². The highest BCUT2D eigenvalue weighted by Gasteiger charge is 2.82. The molecule has 3 aliphatic rings. The molecule has 2 saturated carbocycles. The van der Waals surface area contributed by atoms with Crippen LogP contribution in [0.25, 0.3) is 0 Å². The van der Waals surface area contributed by atoms with E-state index in [1.54, 1.807) is 0 Å².